The van der Waals surface area contributed by atoms with Gasteiger partial charge in [-0.15, -0.1) is 0 Å². The number of nitrogens with one attached hydrogen (secondary N) is 1. The Hall–Kier alpha value is -0.380. The number of likely N-dealkylation sites (N-methyl/N-ethyl adjacent to an activating group) is 1. The smallest absolute Gasteiger partial charge is 0.0193 e. The lowest BCUT2D eigenvalue weighted by Crippen LogP contribution is -2.44. The van der Waals surface area contributed by atoms with Crippen molar-refractivity contribution in [3.8, 4) is 0 Å². The summed E-state index contributed by atoms with van der Waals surface area (Å²) in [5.41, 5.74) is 3.21. The standard InChI is InChI=1S/C14H27N3/c1-4-17-7-5-14(6-8-17)16(3)11-12(2)13-9-15-10-13/h14-15H,4-11H2,1-3H3. The van der Waals surface area contributed by atoms with Crippen molar-refractivity contribution in [1.82, 2.24) is 15.1 Å². The van der Waals surface area contributed by atoms with E-state index in [4.69, 9.17) is 0 Å². The van der Waals surface area contributed by atoms with Gasteiger partial charge in [0.15, 0.2) is 0 Å². The molecule has 0 bridgehead atoms. The molecule has 0 aromatic carbocycles. The number of hydrogen-bond acceptors (Lipinski definition) is 3. The first kappa shape index (κ1) is 13.1. The van der Waals surface area contributed by atoms with E-state index in [2.05, 4.69) is 36.0 Å². The molecular formula is C14H27N3. The lowest BCUT2D eigenvalue weighted by Gasteiger charge is -2.37. The van der Waals surface area contributed by atoms with Crippen LogP contribution in [0.25, 0.3) is 0 Å². The predicted molar refractivity (Wildman–Crippen MR) is 73.3 cm³/mol. The zero-order valence-corrected chi connectivity index (χ0v) is 11.6. The van der Waals surface area contributed by atoms with Gasteiger partial charge in [0.25, 0.3) is 0 Å². The molecule has 98 valence electrons. The molecular weight excluding hydrogens is 210 g/mol. The van der Waals surface area contributed by atoms with E-state index in [1.54, 1.807) is 11.1 Å². The molecule has 2 heterocycles. The van der Waals surface area contributed by atoms with Gasteiger partial charge in [-0.3, -0.25) is 4.90 Å². The maximum Gasteiger partial charge on any atom is 0.0193 e. The van der Waals surface area contributed by atoms with Gasteiger partial charge in [-0.1, -0.05) is 12.5 Å². The van der Waals surface area contributed by atoms with Crippen LogP contribution in [0.4, 0.5) is 0 Å². The van der Waals surface area contributed by atoms with E-state index in [9.17, 15) is 0 Å². The average molecular weight is 237 g/mol. The van der Waals surface area contributed by atoms with E-state index in [-0.39, 0.29) is 0 Å². The van der Waals surface area contributed by atoms with Crippen LogP contribution in [0.3, 0.4) is 0 Å². The normalized spacial score (nSPS) is 22.9. The minimum absolute atomic E-state index is 0.793. The molecule has 2 aliphatic heterocycles. The highest BCUT2D eigenvalue weighted by Crippen LogP contribution is 2.17. The van der Waals surface area contributed by atoms with Crippen LogP contribution in [0.1, 0.15) is 26.7 Å². The summed E-state index contributed by atoms with van der Waals surface area (Å²) in [5.74, 6) is 0. The summed E-state index contributed by atoms with van der Waals surface area (Å²) in [5, 5.41) is 3.33. The summed E-state index contributed by atoms with van der Waals surface area (Å²) in [4.78, 5) is 5.12. The van der Waals surface area contributed by atoms with Crippen LogP contribution in [0.5, 0.6) is 0 Å². The lowest BCUT2D eigenvalue weighted by molar-refractivity contribution is 0.138. The Morgan fingerprint density at radius 3 is 2.47 bits per heavy atom. The number of rotatable bonds is 4. The van der Waals surface area contributed by atoms with Crippen LogP contribution in [-0.2, 0) is 0 Å². The Morgan fingerprint density at radius 2 is 2.00 bits per heavy atom. The van der Waals surface area contributed by atoms with Crippen molar-refractivity contribution in [2.45, 2.75) is 32.7 Å². The molecule has 2 rings (SSSR count). The zero-order chi connectivity index (χ0) is 12.3. The van der Waals surface area contributed by atoms with Gasteiger partial charge in [0, 0.05) is 25.7 Å². The monoisotopic (exact) mass is 237 g/mol. The van der Waals surface area contributed by atoms with Gasteiger partial charge in [-0.25, -0.2) is 0 Å². The Kier molecular flexibility index (Phi) is 4.60. The fourth-order valence-corrected chi connectivity index (χ4v) is 2.84. The van der Waals surface area contributed by atoms with E-state index in [0.717, 1.165) is 25.7 Å². The second kappa shape index (κ2) is 5.98. The molecule has 0 aromatic rings. The molecule has 0 aromatic heterocycles. The topological polar surface area (TPSA) is 18.5 Å². The largest absolute Gasteiger partial charge is 0.309 e. The van der Waals surface area contributed by atoms with Crippen LogP contribution >= 0.6 is 0 Å². The van der Waals surface area contributed by atoms with Crippen molar-refractivity contribution in [2.24, 2.45) is 0 Å². The summed E-state index contributed by atoms with van der Waals surface area (Å²) in [7, 11) is 2.29. The van der Waals surface area contributed by atoms with Crippen LogP contribution in [0.15, 0.2) is 11.1 Å². The van der Waals surface area contributed by atoms with Crippen LogP contribution in [0.2, 0.25) is 0 Å². The van der Waals surface area contributed by atoms with Crippen LogP contribution in [0, 0.1) is 0 Å². The fraction of sp³-hybridized carbons (Fsp3) is 0.857. The average Bonchev–Trinajstić information content (AvgIpc) is 2.26. The molecule has 2 aliphatic rings. The molecule has 2 saturated heterocycles. The zero-order valence-electron chi connectivity index (χ0n) is 11.6. The van der Waals surface area contributed by atoms with E-state index in [1.165, 1.54) is 32.5 Å². The SMILES string of the molecule is CCN1CCC(N(C)CC(C)=C2CNC2)CC1. The highest BCUT2D eigenvalue weighted by molar-refractivity contribution is 5.22. The molecule has 3 nitrogen and oxygen atoms in total. The number of nitrogens with zero attached hydrogens (tertiary/aromatic N) is 2. The molecule has 0 spiro atoms. The van der Waals surface area contributed by atoms with Crippen molar-refractivity contribution in [2.75, 3.05) is 46.3 Å². The van der Waals surface area contributed by atoms with Crippen molar-refractivity contribution in [1.29, 1.82) is 0 Å². The third-order valence-electron chi connectivity index (χ3n) is 4.39. The summed E-state index contributed by atoms with van der Waals surface area (Å²) < 4.78 is 0. The molecule has 0 amide bonds. The minimum Gasteiger partial charge on any atom is -0.309 e. The second-order valence-corrected chi connectivity index (χ2v) is 5.57. The number of likely N-dealkylation sites (tertiary alicyclic amines) is 1. The van der Waals surface area contributed by atoms with Crippen molar-refractivity contribution >= 4 is 0 Å². The van der Waals surface area contributed by atoms with Gasteiger partial charge in [0.2, 0.25) is 0 Å². The Morgan fingerprint density at radius 1 is 1.35 bits per heavy atom. The highest BCUT2D eigenvalue weighted by Gasteiger charge is 2.22. The second-order valence-electron chi connectivity index (χ2n) is 5.57. The number of piperidine rings is 1. The summed E-state index contributed by atoms with van der Waals surface area (Å²) in [6, 6.07) is 0.793. The van der Waals surface area contributed by atoms with Gasteiger partial charge in [-0.05, 0) is 52.0 Å². The first-order valence-corrected chi connectivity index (χ1v) is 7.01. The van der Waals surface area contributed by atoms with Crippen LogP contribution in [-0.4, -0.2) is 62.2 Å². The molecule has 0 unspecified atom stereocenters. The van der Waals surface area contributed by atoms with Gasteiger partial charge in [0.1, 0.15) is 0 Å². The van der Waals surface area contributed by atoms with Crippen molar-refractivity contribution in [3.05, 3.63) is 11.1 Å². The molecule has 0 radical (unpaired) electrons. The minimum atomic E-state index is 0.793. The van der Waals surface area contributed by atoms with Crippen LogP contribution < -0.4 is 5.32 Å². The van der Waals surface area contributed by atoms with Crippen molar-refractivity contribution in [3.63, 3.8) is 0 Å². The van der Waals surface area contributed by atoms with E-state index in [1.807, 2.05) is 0 Å². The third kappa shape index (κ3) is 3.30. The number of hydrogen-bond donors (Lipinski definition) is 1. The molecule has 2 fully saturated rings. The molecule has 1 N–H and O–H groups in total. The highest BCUT2D eigenvalue weighted by atomic mass is 15.2. The first-order chi connectivity index (χ1) is 8.20. The quantitative estimate of drug-likeness (QED) is 0.744. The molecule has 3 heteroatoms. The summed E-state index contributed by atoms with van der Waals surface area (Å²) >= 11 is 0. The van der Waals surface area contributed by atoms with E-state index >= 15 is 0 Å². The fourth-order valence-electron chi connectivity index (χ4n) is 2.84. The predicted octanol–water partition coefficient (Wildman–Crippen LogP) is 1.32. The Bertz CT molecular complexity index is 271. The Labute approximate surface area is 106 Å². The van der Waals surface area contributed by atoms with E-state index < -0.39 is 0 Å². The molecule has 0 saturated carbocycles. The van der Waals surface area contributed by atoms with Gasteiger partial charge >= 0.3 is 0 Å². The summed E-state index contributed by atoms with van der Waals surface area (Å²) in [6.45, 7) is 11.7. The maximum absolute atomic E-state index is 3.33. The Balaban J connectivity index is 1.78. The van der Waals surface area contributed by atoms with Gasteiger partial charge in [0.05, 0.1) is 0 Å². The third-order valence-corrected chi connectivity index (χ3v) is 4.39. The van der Waals surface area contributed by atoms with Gasteiger partial charge < -0.3 is 10.2 Å². The molecule has 0 aliphatic carbocycles. The van der Waals surface area contributed by atoms with E-state index in [0.29, 0.717) is 0 Å². The molecule has 17 heavy (non-hydrogen) atoms. The van der Waals surface area contributed by atoms with Crippen molar-refractivity contribution < 1.29 is 0 Å². The lowest BCUT2D eigenvalue weighted by atomic mass is 10.0. The first-order valence-electron chi connectivity index (χ1n) is 7.01. The molecule has 0 atom stereocenters. The maximum atomic E-state index is 3.33. The summed E-state index contributed by atoms with van der Waals surface area (Å²) in [6.07, 6.45) is 2.68. The van der Waals surface area contributed by atoms with Gasteiger partial charge in [-0.2, -0.15) is 0 Å².